The van der Waals surface area contributed by atoms with Gasteiger partial charge in [-0.1, -0.05) is 30.3 Å². The minimum absolute atomic E-state index is 0.0192. The molecule has 0 spiro atoms. The summed E-state index contributed by atoms with van der Waals surface area (Å²) in [5.74, 6) is -2.08. The van der Waals surface area contributed by atoms with Crippen LogP contribution in [0.3, 0.4) is 0 Å². The molecule has 1 fully saturated rings. The molecule has 6 N–H and O–H groups in total. The number of nitrogens with two attached hydrogens (primary N) is 1. The van der Waals surface area contributed by atoms with Crippen LogP contribution in [0.15, 0.2) is 48.5 Å². The quantitative estimate of drug-likeness (QED) is 0.395. The standard InChI is InChI=1S/C25H24N2O7/c26-24(31)21-16(9-20-23(22(21)30)34-11-33-20)15-8-18(28)19(29)10-17(15)27-25(32)14-6-5-12-3-1-2-4-13(12)7-14/h1-7,9,15,17-19,28-30H,8,10-11H2,(H2,26,31)(H,27,32). The average molecular weight is 464 g/mol. The van der Waals surface area contributed by atoms with Crippen molar-refractivity contribution in [3.05, 3.63) is 65.2 Å². The van der Waals surface area contributed by atoms with Crippen molar-refractivity contribution in [2.45, 2.75) is 37.0 Å². The lowest BCUT2D eigenvalue weighted by Crippen LogP contribution is -2.49. The van der Waals surface area contributed by atoms with Crippen LogP contribution in [0.4, 0.5) is 0 Å². The van der Waals surface area contributed by atoms with Gasteiger partial charge < -0.3 is 35.8 Å². The van der Waals surface area contributed by atoms with Crippen LogP contribution in [-0.4, -0.2) is 52.2 Å². The second-order valence-corrected chi connectivity index (χ2v) is 8.64. The molecule has 5 rings (SSSR count). The molecule has 1 aliphatic heterocycles. The fourth-order valence-electron chi connectivity index (χ4n) is 4.84. The van der Waals surface area contributed by atoms with Crippen molar-refractivity contribution in [1.82, 2.24) is 5.32 Å². The summed E-state index contributed by atoms with van der Waals surface area (Å²) in [6.45, 7) is -0.126. The van der Waals surface area contributed by atoms with Crippen molar-refractivity contribution in [2.75, 3.05) is 6.79 Å². The van der Waals surface area contributed by atoms with E-state index in [0.29, 0.717) is 11.1 Å². The van der Waals surface area contributed by atoms with E-state index >= 15 is 0 Å². The number of rotatable bonds is 4. The van der Waals surface area contributed by atoms with Crippen molar-refractivity contribution in [3.8, 4) is 17.2 Å². The number of carbonyl (C=O) groups is 2. The van der Waals surface area contributed by atoms with E-state index in [4.69, 9.17) is 15.2 Å². The molecule has 0 radical (unpaired) electrons. The maximum absolute atomic E-state index is 13.2. The summed E-state index contributed by atoms with van der Waals surface area (Å²) in [5, 5.41) is 36.2. The number of primary amides is 1. The van der Waals surface area contributed by atoms with Crippen LogP contribution in [0.2, 0.25) is 0 Å². The van der Waals surface area contributed by atoms with Crippen molar-refractivity contribution < 1.29 is 34.4 Å². The van der Waals surface area contributed by atoms with Crippen molar-refractivity contribution in [2.24, 2.45) is 5.73 Å². The Kier molecular flexibility index (Phi) is 5.51. The van der Waals surface area contributed by atoms with Gasteiger partial charge in [0.05, 0.1) is 17.8 Å². The molecule has 0 aromatic heterocycles. The Hall–Kier alpha value is -3.82. The highest BCUT2D eigenvalue weighted by atomic mass is 16.7. The van der Waals surface area contributed by atoms with Crippen LogP contribution < -0.4 is 20.5 Å². The lowest BCUT2D eigenvalue weighted by Gasteiger charge is -2.38. The second kappa shape index (κ2) is 8.51. The monoisotopic (exact) mass is 464 g/mol. The second-order valence-electron chi connectivity index (χ2n) is 8.64. The number of aliphatic hydroxyl groups is 2. The molecule has 4 unspecified atom stereocenters. The van der Waals surface area contributed by atoms with Gasteiger partial charge >= 0.3 is 0 Å². The molecule has 176 valence electrons. The van der Waals surface area contributed by atoms with Gasteiger partial charge in [0.2, 0.25) is 12.5 Å². The zero-order valence-electron chi connectivity index (χ0n) is 18.1. The molecule has 3 aromatic carbocycles. The molecule has 0 bridgehead atoms. The molecular formula is C25H24N2O7. The van der Waals surface area contributed by atoms with Crippen LogP contribution >= 0.6 is 0 Å². The number of aromatic hydroxyl groups is 1. The van der Waals surface area contributed by atoms with Gasteiger partial charge in [-0.15, -0.1) is 0 Å². The summed E-state index contributed by atoms with van der Waals surface area (Å²) < 4.78 is 10.6. The van der Waals surface area contributed by atoms with E-state index < -0.39 is 35.8 Å². The van der Waals surface area contributed by atoms with Gasteiger partial charge in [0.25, 0.3) is 11.8 Å². The lowest BCUT2D eigenvalue weighted by molar-refractivity contribution is -0.0248. The highest BCUT2D eigenvalue weighted by Crippen LogP contribution is 2.48. The van der Waals surface area contributed by atoms with Crippen LogP contribution in [-0.2, 0) is 0 Å². The van der Waals surface area contributed by atoms with Crippen molar-refractivity contribution >= 4 is 22.6 Å². The van der Waals surface area contributed by atoms with Gasteiger partial charge in [-0.3, -0.25) is 9.59 Å². The van der Waals surface area contributed by atoms with Gasteiger partial charge in [-0.2, -0.15) is 0 Å². The van der Waals surface area contributed by atoms with E-state index in [-0.39, 0.29) is 42.6 Å². The number of phenols is 1. The fourth-order valence-corrected chi connectivity index (χ4v) is 4.84. The van der Waals surface area contributed by atoms with Crippen LogP contribution in [0.1, 0.15) is 45.0 Å². The number of fused-ring (bicyclic) bond motifs is 2. The third-order valence-electron chi connectivity index (χ3n) is 6.56. The molecule has 0 saturated heterocycles. The van der Waals surface area contributed by atoms with E-state index in [1.807, 2.05) is 30.3 Å². The number of carbonyl (C=O) groups excluding carboxylic acids is 2. The summed E-state index contributed by atoms with van der Waals surface area (Å²) in [7, 11) is 0. The summed E-state index contributed by atoms with van der Waals surface area (Å²) in [6, 6.07) is 13.9. The molecule has 1 heterocycles. The number of ether oxygens (including phenoxy) is 2. The SMILES string of the molecule is NC(=O)c1c(C2CC(O)C(O)CC2NC(=O)c2ccc3ccccc3c2)cc2c(c1O)OCO2. The maximum atomic E-state index is 13.2. The van der Waals surface area contributed by atoms with Crippen LogP contribution in [0, 0.1) is 0 Å². The minimum atomic E-state index is -1.09. The normalized spacial score (nSPS) is 23.6. The van der Waals surface area contributed by atoms with Crippen LogP contribution in [0.25, 0.3) is 10.8 Å². The zero-order valence-corrected chi connectivity index (χ0v) is 18.1. The fraction of sp³-hybridized carbons (Fsp3) is 0.280. The predicted octanol–water partition coefficient (Wildman–Crippen LogP) is 1.77. The lowest BCUT2D eigenvalue weighted by atomic mass is 9.75. The number of amides is 2. The van der Waals surface area contributed by atoms with E-state index in [9.17, 15) is 24.9 Å². The van der Waals surface area contributed by atoms with Gasteiger partial charge in [0, 0.05) is 17.5 Å². The average Bonchev–Trinajstić information content (AvgIpc) is 3.29. The molecular weight excluding hydrogens is 440 g/mol. The number of hydrogen-bond acceptors (Lipinski definition) is 7. The Bertz CT molecular complexity index is 1290. The van der Waals surface area contributed by atoms with Gasteiger partial charge in [0.15, 0.2) is 11.5 Å². The number of hydrogen-bond donors (Lipinski definition) is 5. The third kappa shape index (κ3) is 3.78. The Morgan fingerprint density at radius 1 is 0.971 bits per heavy atom. The molecule has 3 aromatic rings. The molecule has 9 heteroatoms. The molecule has 4 atom stereocenters. The molecule has 2 amide bonds. The first-order valence-electron chi connectivity index (χ1n) is 10.9. The minimum Gasteiger partial charge on any atom is -0.504 e. The van der Waals surface area contributed by atoms with Crippen molar-refractivity contribution in [1.29, 1.82) is 0 Å². The maximum Gasteiger partial charge on any atom is 0.252 e. The third-order valence-corrected chi connectivity index (χ3v) is 6.56. The first kappa shape index (κ1) is 22.0. The summed E-state index contributed by atoms with van der Waals surface area (Å²) in [6.07, 6.45) is -2.09. The number of aliphatic hydroxyl groups excluding tert-OH is 2. The van der Waals surface area contributed by atoms with Crippen molar-refractivity contribution in [3.63, 3.8) is 0 Å². The van der Waals surface area contributed by atoms with E-state index in [0.717, 1.165) is 10.8 Å². The Morgan fingerprint density at radius 2 is 1.71 bits per heavy atom. The smallest absolute Gasteiger partial charge is 0.252 e. The zero-order chi connectivity index (χ0) is 24.0. The van der Waals surface area contributed by atoms with Gasteiger partial charge in [-0.25, -0.2) is 0 Å². The Morgan fingerprint density at radius 3 is 2.47 bits per heavy atom. The highest BCUT2D eigenvalue weighted by molar-refractivity contribution is 6.00. The van der Waals surface area contributed by atoms with E-state index in [1.165, 1.54) is 6.07 Å². The summed E-state index contributed by atoms with van der Waals surface area (Å²) in [4.78, 5) is 25.4. The topological polar surface area (TPSA) is 151 Å². The molecule has 34 heavy (non-hydrogen) atoms. The Labute approximate surface area is 194 Å². The van der Waals surface area contributed by atoms with E-state index in [1.54, 1.807) is 12.1 Å². The van der Waals surface area contributed by atoms with Gasteiger partial charge in [0.1, 0.15) is 0 Å². The van der Waals surface area contributed by atoms with Crippen LogP contribution in [0.5, 0.6) is 17.2 Å². The number of nitrogens with one attached hydrogen (secondary N) is 1. The highest BCUT2D eigenvalue weighted by Gasteiger charge is 2.40. The van der Waals surface area contributed by atoms with E-state index in [2.05, 4.69) is 5.32 Å². The number of benzene rings is 3. The summed E-state index contributed by atoms with van der Waals surface area (Å²) in [5.41, 5.74) is 6.15. The molecule has 2 aliphatic rings. The molecule has 9 nitrogen and oxygen atoms in total. The Balaban J connectivity index is 1.51. The molecule has 1 saturated carbocycles. The largest absolute Gasteiger partial charge is 0.504 e. The summed E-state index contributed by atoms with van der Waals surface area (Å²) >= 11 is 0. The first-order chi connectivity index (χ1) is 16.3. The molecule has 1 aliphatic carbocycles. The predicted molar refractivity (Wildman–Crippen MR) is 122 cm³/mol. The van der Waals surface area contributed by atoms with Gasteiger partial charge in [-0.05, 0) is 47.4 Å². The first-order valence-corrected chi connectivity index (χ1v) is 10.9.